The molecular formula is C18H28ClN3O3S. The number of anilines is 1. The fourth-order valence-corrected chi connectivity index (χ4v) is 5.04. The zero-order valence-corrected chi connectivity index (χ0v) is 16.8. The van der Waals surface area contributed by atoms with Gasteiger partial charge in [-0.05, 0) is 62.5 Å². The van der Waals surface area contributed by atoms with Gasteiger partial charge in [0.1, 0.15) is 0 Å². The molecule has 0 spiro atoms. The number of hydrogen-bond acceptors (Lipinski definition) is 4. The Balaban J connectivity index is 0.00000243. The molecule has 1 amide bonds. The number of piperidine rings is 1. The second-order valence-corrected chi connectivity index (χ2v) is 8.74. The molecule has 146 valence electrons. The number of benzene rings is 1. The van der Waals surface area contributed by atoms with Gasteiger partial charge in [0.25, 0.3) is 0 Å². The zero-order chi connectivity index (χ0) is 17.9. The fraction of sp³-hybridized carbons (Fsp3) is 0.611. The number of amides is 1. The van der Waals surface area contributed by atoms with Gasteiger partial charge in [0.2, 0.25) is 15.9 Å². The van der Waals surface area contributed by atoms with Crippen LogP contribution in [0, 0.1) is 5.92 Å². The zero-order valence-electron chi connectivity index (χ0n) is 15.2. The number of carbonyl (C=O) groups excluding carboxylic acids is 1. The summed E-state index contributed by atoms with van der Waals surface area (Å²) in [7, 11) is -3.45. The standard InChI is InChI=1S/C18H27N3O3S.ClH/c1-2-19-14-15-9-12-20(13-10-15)25(23,24)17-7-5-16(6-8-17)21-11-3-4-18(21)22;/h5-8,15,19H,2-4,9-14H2,1H3;1H. The molecule has 0 unspecified atom stereocenters. The molecule has 2 aliphatic heterocycles. The van der Waals surface area contributed by atoms with Crippen LogP contribution in [0.5, 0.6) is 0 Å². The Morgan fingerprint density at radius 3 is 2.31 bits per heavy atom. The van der Waals surface area contributed by atoms with Crippen LogP contribution in [0.3, 0.4) is 0 Å². The van der Waals surface area contributed by atoms with Crippen LogP contribution in [0.25, 0.3) is 0 Å². The Labute approximate surface area is 162 Å². The maximum Gasteiger partial charge on any atom is 0.243 e. The van der Waals surface area contributed by atoms with Gasteiger partial charge in [-0.2, -0.15) is 4.31 Å². The van der Waals surface area contributed by atoms with Gasteiger partial charge in [-0.3, -0.25) is 4.79 Å². The minimum absolute atomic E-state index is 0. The number of carbonyl (C=O) groups is 1. The lowest BCUT2D eigenvalue weighted by molar-refractivity contribution is -0.117. The van der Waals surface area contributed by atoms with Crippen molar-refractivity contribution in [3.05, 3.63) is 24.3 Å². The first kappa shape index (κ1) is 21.2. The minimum atomic E-state index is -3.45. The van der Waals surface area contributed by atoms with Crippen LogP contribution in [0.4, 0.5) is 5.69 Å². The summed E-state index contributed by atoms with van der Waals surface area (Å²) in [5, 5.41) is 3.34. The Bertz CT molecular complexity index is 701. The van der Waals surface area contributed by atoms with E-state index in [1.807, 2.05) is 0 Å². The van der Waals surface area contributed by atoms with Crippen molar-refractivity contribution < 1.29 is 13.2 Å². The van der Waals surface area contributed by atoms with Gasteiger partial charge >= 0.3 is 0 Å². The Hall–Kier alpha value is -1.15. The molecule has 1 aromatic rings. The average molecular weight is 402 g/mol. The van der Waals surface area contributed by atoms with E-state index in [9.17, 15) is 13.2 Å². The molecule has 2 aliphatic rings. The van der Waals surface area contributed by atoms with Gasteiger partial charge in [0.15, 0.2) is 0 Å². The van der Waals surface area contributed by atoms with Gasteiger partial charge in [-0.25, -0.2) is 8.42 Å². The van der Waals surface area contributed by atoms with Crippen molar-refractivity contribution in [1.29, 1.82) is 0 Å². The highest BCUT2D eigenvalue weighted by Gasteiger charge is 2.29. The molecule has 6 nitrogen and oxygen atoms in total. The SMILES string of the molecule is CCNCC1CCN(S(=O)(=O)c2ccc(N3CCCC3=O)cc2)CC1.Cl. The Morgan fingerprint density at radius 1 is 1.12 bits per heavy atom. The molecule has 1 aromatic carbocycles. The highest BCUT2D eigenvalue weighted by molar-refractivity contribution is 7.89. The molecule has 0 bridgehead atoms. The first-order valence-electron chi connectivity index (χ1n) is 9.13. The number of halogens is 1. The lowest BCUT2D eigenvalue weighted by atomic mass is 9.98. The molecule has 0 aliphatic carbocycles. The number of sulfonamides is 1. The third kappa shape index (κ3) is 4.57. The van der Waals surface area contributed by atoms with E-state index in [1.54, 1.807) is 33.5 Å². The van der Waals surface area contributed by atoms with E-state index in [2.05, 4.69) is 12.2 Å². The highest BCUT2D eigenvalue weighted by atomic mass is 35.5. The van der Waals surface area contributed by atoms with E-state index in [-0.39, 0.29) is 18.3 Å². The van der Waals surface area contributed by atoms with Crippen LogP contribution < -0.4 is 10.2 Å². The number of rotatable bonds is 6. The van der Waals surface area contributed by atoms with E-state index < -0.39 is 10.0 Å². The van der Waals surface area contributed by atoms with Gasteiger partial charge in [0.05, 0.1) is 4.90 Å². The van der Waals surface area contributed by atoms with Gasteiger partial charge in [0, 0.05) is 31.7 Å². The van der Waals surface area contributed by atoms with Crippen LogP contribution >= 0.6 is 12.4 Å². The maximum absolute atomic E-state index is 12.8. The van der Waals surface area contributed by atoms with Crippen molar-refractivity contribution in [2.45, 2.75) is 37.5 Å². The summed E-state index contributed by atoms with van der Waals surface area (Å²) in [6.07, 6.45) is 3.22. The van der Waals surface area contributed by atoms with Crippen LogP contribution in [0.1, 0.15) is 32.6 Å². The molecule has 0 radical (unpaired) electrons. The predicted octanol–water partition coefficient (Wildman–Crippen LogP) is 2.25. The predicted molar refractivity (Wildman–Crippen MR) is 105 cm³/mol. The number of nitrogens with one attached hydrogen (secondary N) is 1. The number of nitrogens with zero attached hydrogens (tertiary/aromatic N) is 2. The van der Waals surface area contributed by atoms with Gasteiger partial charge < -0.3 is 10.2 Å². The monoisotopic (exact) mass is 401 g/mol. The summed E-state index contributed by atoms with van der Waals surface area (Å²) in [4.78, 5) is 13.8. The second-order valence-electron chi connectivity index (χ2n) is 6.80. The molecule has 0 saturated carbocycles. The molecule has 0 atom stereocenters. The average Bonchev–Trinajstić information content (AvgIpc) is 3.06. The summed E-state index contributed by atoms with van der Waals surface area (Å²) in [5.74, 6) is 0.660. The normalized spacial score (nSPS) is 19.6. The summed E-state index contributed by atoms with van der Waals surface area (Å²) >= 11 is 0. The topological polar surface area (TPSA) is 69.7 Å². The first-order chi connectivity index (χ1) is 12.0. The molecule has 2 saturated heterocycles. The molecule has 3 rings (SSSR count). The molecule has 1 N–H and O–H groups in total. The molecule has 26 heavy (non-hydrogen) atoms. The molecule has 2 heterocycles. The second kappa shape index (κ2) is 9.17. The van der Waals surface area contributed by atoms with Crippen LogP contribution in [0.15, 0.2) is 29.2 Å². The van der Waals surface area contributed by atoms with Gasteiger partial charge in [-0.15, -0.1) is 12.4 Å². The third-order valence-electron chi connectivity index (χ3n) is 5.12. The van der Waals surface area contributed by atoms with E-state index in [1.165, 1.54) is 0 Å². The summed E-state index contributed by atoms with van der Waals surface area (Å²) < 4.78 is 27.3. The molecule has 8 heteroatoms. The maximum atomic E-state index is 12.8. The Kier molecular flexibility index (Phi) is 7.46. The third-order valence-corrected chi connectivity index (χ3v) is 7.03. The molecule has 0 aromatic heterocycles. The minimum Gasteiger partial charge on any atom is -0.317 e. The fourth-order valence-electron chi connectivity index (χ4n) is 3.57. The quantitative estimate of drug-likeness (QED) is 0.793. The van der Waals surface area contributed by atoms with Crippen LogP contribution in [0.2, 0.25) is 0 Å². The van der Waals surface area contributed by atoms with Crippen molar-refractivity contribution >= 4 is 34.0 Å². The first-order valence-corrected chi connectivity index (χ1v) is 10.6. The smallest absolute Gasteiger partial charge is 0.243 e. The van der Waals surface area contributed by atoms with Crippen molar-refractivity contribution in [3.63, 3.8) is 0 Å². The van der Waals surface area contributed by atoms with Crippen molar-refractivity contribution in [2.75, 3.05) is 37.6 Å². The lowest BCUT2D eigenvalue weighted by Gasteiger charge is -2.31. The molecular weight excluding hydrogens is 374 g/mol. The van der Waals surface area contributed by atoms with E-state index in [0.717, 1.165) is 38.0 Å². The van der Waals surface area contributed by atoms with Gasteiger partial charge in [-0.1, -0.05) is 6.92 Å². The molecule has 2 fully saturated rings. The van der Waals surface area contributed by atoms with Crippen LogP contribution in [-0.2, 0) is 14.8 Å². The van der Waals surface area contributed by atoms with Crippen molar-refractivity contribution in [2.24, 2.45) is 5.92 Å². The summed E-state index contributed by atoms with van der Waals surface area (Å²) in [5.41, 5.74) is 0.783. The van der Waals surface area contributed by atoms with Crippen LogP contribution in [-0.4, -0.2) is 51.4 Å². The lowest BCUT2D eigenvalue weighted by Crippen LogP contribution is -2.40. The number of hydrogen-bond donors (Lipinski definition) is 1. The summed E-state index contributed by atoms with van der Waals surface area (Å²) in [6.45, 7) is 5.85. The van der Waals surface area contributed by atoms with Crippen molar-refractivity contribution in [3.8, 4) is 0 Å². The van der Waals surface area contributed by atoms with E-state index in [4.69, 9.17) is 0 Å². The highest BCUT2D eigenvalue weighted by Crippen LogP contribution is 2.26. The largest absolute Gasteiger partial charge is 0.317 e. The van der Waals surface area contributed by atoms with E-state index in [0.29, 0.717) is 36.9 Å². The summed E-state index contributed by atoms with van der Waals surface area (Å²) in [6, 6.07) is 6.74. The van der Waals surface area contributed by atoms with Crippen molar-refractivity contribution in [1.82, 2.24) is 9.62 Å². The van der Waals surface area contributed by atoms with E-state index >= 15 is 0 Å². The Morgan fingerprint density at radius 2 is 1.77 bits per heavy atom.